The van der Waals surface area contributed by atoms with Crippen molar-refractivity contribution < 1.29 is 13.2 Å². The Hall–Kier alpha value is -0.210. The van der Waals surface area contributed by atoms with E-state index in [9.17, 15) is 13.2 Å². The molecular weight excluding hydrogens is 345 g/mol. The van der Waals surface area contributed by atoms with Crippen LogP contribution >= 0.6 is 0 Å². The first-order valence-electron chi connectivity index (χ1n) is 12.0. The van der Waals surface area contributed by atoms with Crippen molar-refractivity contribution in [2.45, 2.75) is 129 Å². The third-order valence-corrected chi connectivity index (χ3v) is 7.50. The summed E-state index contributed by atoms with van der Waals surface area (Å²) in [5.74, 6) is 2.97. The van der Waals surface area contributed by atoms with E-state index in [2.05, 4.69) is 6.92 Å². The maximum absolute atomic E-state index is 12.4. The van der Waals surface area contributed by atoms with Gasteiger partial charge in [-0.05, 0) is 55.8 Å². The number of alkyl halides is 3. The zero-order chi connectivity index (χ0) is 19.5. The van der Waals surface area contributed by atoms with Crippen molar-refractivity contribution in [3.63, 3.8) is 0 Å². The molecule has 27 heavy (non-hydrogen) atoms. The first-order valence-corrected chi connectivity index (χ1v) is 12.0. The average Bonchev–Trinajstić information content (AvgIpc) is 2.66. The van der Waals surface area contributed by atoms with E-state index < -0.39 is 12.6 Å². The fourth-order valence-corrected chi connectivity index (χ4v) is 5.65. The Morgan fingerprint density at radius 3 is 1.52 bits per heavy atom. The molecule has 160 valence electrons. The van der Waals surface area contributed by atoms with Gasteiger partial charge < -0.3 is 0 Å². The van der Waals surface area contributed by atoms with Crippen LogP contribution in [0, 0.1) is 23.7 Å². The number of rotatable bonds is 11. The fraction of sp³-hybridized carbons (Fsp3) is 1.00. The molecule has 0 unspecified atom stereocenters. The van der Waals surface area contributed by atoms with Gasteiger partial charge in [-0.1, -0.05) is 84.0 Å². The highest BCUT2D eigenvalue weighted by molar-refractivity contribution is 4.82. The lowest BCUT2D eigenvalue weighted by atomic mass is 9.68. The summed E-state index contributed by atoms with van der Waals surface area (Å²) in [6, 6.07) is 0. The maximum atomic E-state index is 12.4. The number of halogens is 3. The highest BCUT2D eigenvalue weighted by Crippen LogP contribution is 2.43. The molecule has 0 N–H and O–H groups in total. The predicted octanol–water partition coefficient (Wildman–Crippen LogP) is 9.08. The molecule has 0 aliphatic heterocycles. The van der Waals surface area contributed by atoms with Gasteiger partial charge in [0.05, 0.1) is 0 Å². The molecule has 0 aromatic heterocycles. The van der Waals surface area contributed by atoms with E-state index in [-0.39, 0.29) is 0 Å². The normalized spacial score (nSPS) is 29.8. The molecule has 2 saturated carbocycles. The van der Waals surface area contributed by atoms with Gasteiger partial charge in [-0.3, -0.25) is 0 Å². The highest BCUT2D eigenvalue weighted by Gasteiger charge is 2.33. The molecule has 0 aromatic rings. The quantitative estimate of drug-likeness (QED) is 0.310. The van der Waals surface area contributed by atoms with Crippen molar-refractivity contribution in [2.24, 2.45) is 23.7 Å². The molecule has 2 aliphatic carbocycles. The number of unbranched alkanes of at least 4 members (excludes halogenated alkanes) is 6. The lowest BCUT2D eigenvalue weighted by Crippen LogP contribution is -2.26. The van der Waals surface area contributed by atoms with Gasteiger partial charge in [0.2, 0.25) is 0 Å². The number of hydrogen-bond donors (Lipinski definition) is 0. The Morgan fingerprint density at radius 1 is 0.593 bits per heavy atom. The predicted molar refractivity (Wildman–Crippen MR) is 109 cm³/mol. The molecule has 0 aromatic carbocycles. The highest BCUT2D eigenvalue weighted by atomic mass is 19.4. The molecular formula is C24H43F3. The minimum absolute atomic E-state index is 0.330. The van der Waals surface area contributed by atoms with Gasteiger partial charge >= 0.3 is 6.18 Å². The van der Waals surface area contributed by atoms with Crippen molar-refractivity contribution in [2.75, 3.05) is 0 Å². The summed E-state index contributed by atoms with van der Waals surface area (Å²) in [4.78, 5) is 0. The third kappa shape index (κ3) is 9.70. The second-order valence-corrected chi connectivity index (χ2v) is 9.63. The van der Waals surface area contributed by atoms with Crippen molar-refractivity contribution in [1.82, 2.24) is 0 Å². The molecule has 0 heterocycles. The Morgan fingerprint density at radius 2 is 1.04 bits per heavy atom. The van der Waals surface area contributed by atoms with E-state index in [1.165, 1.54) is 89.9 Å². The molecule has 0 spiro atoms. The van der Waals surface area contributed by atoms with Gasteiger partial charge in [-0.2, -0.15) is 13.2 Å². The second-order valence-electron chi connectivity index (χ2n) is 9.63. The van der Waals surface area contributed by atoms with Crippen LogP contribution in [0.3, 0.4) is 0 Å². The second kappa shape index (κ2) is 12.4. The van der Waals surface area contributed by atoms with Crippen LogP contribution in [0.5, 0.6) is 0 Å². The monoisotopic (exact) mass is 388 g/mol. The first-order chi connectivity index (χ1) is 13.0. The topological polar surface area (TPSA) is 0 Å². The van der Waals surface area contributed by atoms with Crippen molar-refractivity contribution in [1.29, 1.82) is 0 Å². The Bertz CT molecular complexity index is 360. The maximum Gasteiger partial charge on any atom is 0.389 e. The average molecular weight is 389 g/mol. The van der Waals surface area contributed by atoms with Crippen LogP contribution in [-0.2, 0) is 0 Å². The van der Waals surface area contributed by atoms with Crippen LogP contribution in [0.1, 0.15) is 122 Å². The molecule has 0 nitrogen and oxygen atoms in total. The molecule has 2 rings (SSSR count). The summed E-state index contributed by atoms with van der Waals surface area (Å²) in [6.07, 6.45) is 17.1. The molecule has 2 fully saturated rings. The Kier molecular flexibility index (Phi) is 10.6. The minimum atomic E-state index is -3.97. The Labute approximate surface area is 166 Å². The van der Waals surface area contributed by atoms with Crippen LogP contribution in [0.4, 0.5) is 13.2 Å². The summed E-state index contributed by atoms with van der Waals surface area (Å²) in [6.45, 7) is 2.27. The van der Waals surface area contributed by atoms with Gasteiger partial charge in [-0.25, -0.2) is 0 Å². The van der Waals surface area contributed by atoms with E-state index >= 15 is 0 Å². The van der Waals surface area contributed by atoms with Crippen molar-refractivity contribution in [3.8, 4) is 0 Å². The molecule has 0 radical (unpaired) electrons. The third-order valence-electron chi connectivity index (χ3n) is 7.50. The Balaban J connectivity index is 1.51. The lowest BCUT2D eigenvalue weighted by Gasteiger charge is -2.38. The summed E-state index contributed by atoms with van der Waals surface area (Å²) >= 11 is 0. The van der Waals surface area contributed by atoms with Crippen LogP contribution in [0.25, 0.3) is 0 Å². The van der Waals surface area contributed by atoms with Crippen LogP contribution < -0.4 is 0 Å². The van der Waals surface area contributed by atoms with Crippen LogP contribution in [0.2, 0.25) is 0 Å². The molecule has 0 saturated heterocycles. The largest absolute Gasteiger partial charge is 0.389 e. The van der Waals surface area contributed by atoms with Crippen LogP contribution in [0.15, 0.2) is 0 Å². The lowest BCUT2D eigenvalue weighted by molar-refractivity contribution is -0.138. The molecule has 3 heteroatoms. The fourth-order valence-electron chi connectivity index (χ4n) is 5.65. The smallest absolute Gasteiger partial charge is 0.171 e. The molecule has 2 aliphatic rings. The number of hydrogen-bond acceptors (Lipinski definition) is 0. The zero-order valence-corrected chi connectivity index (χ0v) is 17.7. The summed E-state index contributed by atoms with van der Waals surface area (Å²) in [7, 11) is 0. The van der Waals surface area contributed by atoms with Crippen molar-refractivity contribution in [3.05, 3.63) is 0 Å². The van der Waals surface area contributed by atoms with E-state index in [1.807, 2.05) is 0 Å². The molecule has 0 bridgehead atoms. The molecule has 0 amide bonds. The molecule has 0 atom stereocenters. The first kappa shape index (κ1) is 23.1. The van der Waals surface area contributed by atoms with Gasteiger partial charge in [0.1, 0.15) is 0 Å². The van der Waals surface area contributed by atoms with Gasteiger partial charge in [0.15, 0.2) is 0 Å². The van der Waals surface area contributed by atoms with E-state index in [1.54, 1.807) is 0 Å². The standard InChI is InChI=1S/C24H43F3/c1-2-3-4-5-6-7-8-9-20-10-14-22(15-11-20)23-16-12-21(13-17-23)18-19-24(25,26)27/h20-23H,2-19H2,1H3/t20-,21-,22-,23-. The van der Waals surface area contributed by atoms with Gasteiger partial charge in [0, 0.05) is 6.42 Å². The summed E-state index contributed by atoms with van der Waals surface area (Å²) < 4.78 is 37.2. The van der Waals surface area contributed by atoms with Gasteiger partial charge in [0.25, 0.3) is 0 Å². The van der Waals surface area contributed by atoms with Crippen molar-refractivity contribution >= 4 is 0 Å². The summed E-state index contributed by atoms with van der Waals surface area (Å²) in [5, 5.41) is 0. The van der Waals surface area contributed by atoms with E-state index in [0.29, 0.717) is 12.3 Å². The zero-order valence-electron chi connectivity index (χ0n) is 17.7. The van der Waals surface area contributed by atoms with E-state index in [0.717, 1.165) is 30.6 Å². The van der Waals surface area contributed by atoms with E-state index in [4.69, 9.17) is 0 Å². The minimum Gasteiger partial charge on any atom is -0.171 e. The SMILES string of the molecule is CCCCCCCCC[C@H]1CC[C@H]([C@H]2CC[C@H](CCC(F)(F)F)CC2)CC1. The van der Waals surface area contributed by atoms with Gasteiger partial charge in [-0.15, -0.1) is 0 Å². The van der Waals surface area contributed by atoms with Crippen LogP contribution in [-0.4, -0.2) is 6.18 Å². The summed E-state index contributed by atoms with van der Waals surface area (Å²) in [5.41, 5.74) is 0.